The van der Waals surface area contributed by atoms with Gasteiger partial charge in [-0.3, -0.25) is 4.21 Å². The Morgan fingerprint density at radius 2 is 2.08 bits per heavy atom. The number of carbonyl (C=O) groups is 1. The topological polar surface area (TPSA) is 85.2 Å². The summed E-state index contributed by atoms with van der Waals surface area (Å²) < 4.78 is 21.9. The predicted molar refractivity (Wildman–Crippen MR) is 36.9 cm³/mol. The van der Waals surface area contributed by atoms with Gasteiger partial charge >= 0.3 is 29.6 Å². The van der Waals surface area contributed by atoms with Crippen LogP contribution in [0.4, 0.5) is 0 Å². The normalized spacial score (nSPS) is 11.8. The maximum atomic E-state index is 10.4. The van der Waals surface area contributed by atoms with Gasteiger partial charge in [0.05, 0.1) is 16.7 Å². The molecule has 1 unspecified atom stereocenters. The molecule has 0 radical (unpaired) electrons. The molecule has 66 valence electrons. The summed E-state index contributed by atoms with van der Waals surface area (Å²) in [5.41, 5.74) is -0.158. The van der Waals surface area contributed by atoms with Crippen molar-refractivity contribution in [2.45, 2.75) is 5.03 Å². The van der Waals surface area contributed by atoms with Crippen LogP contribution in [-0.2, 0) is 18.1 Å². The Balaban J connectivity index is 0.00000144. The molecule has 0 aromatic carbocycles. The van der Waals surface area contributed by atoms with Crippen LogP contribution >= 0.6 is 0 Å². The molecule has 0 spiro atoms. The summed E-state index contributed by atoms with van der Waals surface area (Å²) in [6.45, 7) is 0. The molecule has 0 saturated heterocycles. The van der Waals surface area contributed by atoms with Gasteiger partial charge in [-0.2, -0.15) is 0 Å². The number of carbonyl (C=O) groups excluding carboxylic acids is 1. The first-order chi connectivity index (χ1) is 5.54. The van der Waals surface area contributed by atoms with Crippen molar-refractivity contribution in [1.82, 2.24) is 4.57 Å². The molecule has 0 aliphatic rings. The Morgan fingerprint density at radius 3 is 2.31 bits per heavy atom. The molecule has 5 nitrogen and oxygen atoms in total. The van der Waals surface area contributed by atoms with E-state index in [2.05, 4.69) is 0 Å². The minimum absolute atomic E-state index is 0. The Kier molecular flexibility index (Phi) is 4.87. The van der Waals surface area contributed by atoms with Crippen molar-refractivity contribution in [2.75, 3.05) is 0 Å². The van der Waals surface area contributed by atoms with E-state index in [0.29, 0.717) is 0 Å². The first-order valence-corrected chi connectivity index (χ1v) is 4.08. The SMILES string of the molecule is Cn1c(C(=O)[O-])ccc1S(=O)[O-].[Na+]. The van der Waals surface area contributed by atoms with Crippen LogP contribution < -0.4 is 34.7 Å². The third kappa shape index (κ3) is 2.65. The van der Waals surface area contributed by atoms with Crippen LogP contribution in [0.3, 0.4) is 0 Å². The molecule has 1 rings (SSSR count). The van der Waals surface area contributed by atoms with Gasteiger partial charge in [0, 0.05) is 7.05 Å². The molecule has 0 saturated carbocycles. The number of aromatic nitrogens is 1. The number of carboxylic acid groups (broad SMARTS) is 1. The molecule has 13 heavy (non-hydrogen) atoms. The monoisotopic (exact) mass is 210 g/mol. The van der Waals surface area contributed by atoms with Gasteiger partial charge in [0.25, 0.3) is 0 Å². The third-order valence-electron chi connectivity index (χ3n) is 1.46. The van der Waals surface area contributed by atoms with Crippen LogP contribution in [0.2, 0.25) is 0 Å². The number of aromatic carboxylic acids is 1. The van der Waals surface area contributed by atoms with Crippen molar-refractivity contribution < 1.29 is 48.2 Å². The number of nitrogens with zero attached hydrogens (tertiary/aromatic N) is 1. The second kappa shape index (κ2) is 4.92. The molecule has 1 aromatic heterocycles. The molecule has 0 aliphatic heterocycles. The second-order valence-corrected chi connectivity index (χ2v) is 3.03. The van der Waals surface area contributed by atoms with Crippen LogP contribution in [0.5, 0.6) is 0 Å². The van der Waals surface area contributed by atoms with E-state index in [1.54, 1.807) is 0 Å². The van der Waals surface area contributed by atoms with Crippen LogP contribution in [0.25, 0.3) is 0 Å². The van der Waals surface area contributed by atoms with E-state index in [0.717, 1.165) is 4.57 Å². The minimum atomic E-state index is -2.41. The zero-order valence-electron chi connectivity index (χ0n) is 7.14. The van der Waals surface area contributed by atoms with Gasteiger partial charge in [0.1, 0.15) is 0 Å². The van der Waals surface area contributed by atoms with Crippen molar-refractivity contribution in [2.24, 2.45) is 7.05 Å². The maximum Gasteiger partial charge on any atom is 1.00 e. The summed E-state index contributed by atoms with van der Waals surface area (Å²) in [5.74, 6) is -1.39. The van der Waals surface area contributed by atoms with E-state index in [1.807, 2.05) is 0 Å². The third-order valence-corrected chi connectivity index (χ3v) is 2.21. The van der Waals surface area contributed by atoms with E-state index < -0.39 is 17.0 Å². The van der Waals surface area contributed by atoms with Crippen molar-refractivity contribution in [3.8, 4) is 0 Å². The maximum absolute atomic E-state index is 10.4. The molecule has 0 N–H and O–H groups in total. The molecule has 1 aromatic rings. The van der Waals surface area contributed by atoms with Crippen LogP contribution in [-0.4, -0.2) is 19.3 Å². The molecule has 1 heterocycles. The smallest absolute Gasteiger partial charge is 0.767 e. The average Bonchev–Trinajstić information content (AvgIpc) is 2.30. The van der Waals surface area contributed by atoms with Gasteiger partial charge in [-0.1, -0.05) is 0 Å². The minimum Gasteiger partial charge on any atom is -0.767 e. The number of hydrogen-bond donors (Lipinski definition) is 0. The predicted octanol–water partition coefficient (Wildman–Crippen LogP) is -4.37. The number of carboxylic acids is 1. The van der Waals surface area contributed by atoms with Crippen LogP contribution in [0.1, 0.15) is 10.5 Å². The number of hydrogen-bond acceptors (Lipinski definition) is 4. The van der Waals surface area contributed by atoms with E-state index in [4.69, 9.17) is 0 Å². The van der Waals surface area contributed by atoms with E-state index in [1.165, 1.54) is 19.2 Å². The molecule has 0 fully saturated rings. The quantitative estimate of drug-likeness (QED) is 0.364. The fourth-order valence-corrected chi connectivity index (χ4v) is 1.37. The zero-order chi connectivity index (χ0) is 9.30. The summed E-state index contributed by atoms with van der Waals surface area (Å²) in [5, 5.41) is 10.2. The summed E-state index contributed by atoms with van der Waals surface area (Å²) in [7, 11) is 1.34. The average molecular weight is 210 g/mol. The summed E-state index contributed by atoms with van der Waals surface area (Å²) >= 11 is -2.41. The van der Waals surface area contributed by atoms with Crippen molar-refractivity contribution >= 4 is 17.0 Å². The summed E-state index contributed by atoms with van der Waals surface area (Å²) in [4.78, 5) is 10.3. The first-order valence-electron chi connectivity index (χ1n) is 3.00. The van der Waals surface area contributed by atoms with Gasteiger partial charge in [-0.15, -0.1) is 0 Å². The van der Waals surface area contributed by atoms with Crippen molar-refractivity contribution in [1.29, 1.82) is 0 Å². The van der Waals surface area contributed by atoms with E-state index in [-0.39, 0.29) is 40.3 Å². The Bertz CT molecular complexity index is 317. The molecular weight excluding hydrogens is 205 g/mol. The molecule has 0 bridgehead atoms. The molecule has 0 aliphatic carbocycles. The van der Waals surface area contributed by atoms with Gasteiger partial charge < -0.3 is 19.0 Å². The standard InChI is InChI=1S/C6H7NO4S.Na/c1-7-4(6(8)9)2-3-5(7)12(10)11;/h2-3H,1H3,(H,8,9)(H,10,11);/q;+1/p-2. The fourth-order valence-electron chi connectivity index (χ4n) is 0.865. The molecule has 7 heteroatoms. The van der Waals surface area contributed by atoms with Gasteiger partial charge in [-0.05, 0) is 23.2 Å². The van der Waals surface area contributed by atoms with Gasteiger partial charge in [0.2, 0.25) is 0 Å². The Morgan fingerprint density at radius 1 is 1.54 bits per heavy atom. The van der Waals surface area contributed by atoms with Crippen molar-refractivity contribution in [3.05, 3.63) is 17.8 Å². The van der Waals surface area contributed by atoms with Crippen LogP contribution in [0.15, 0.2) is 17.2 Å². The van der Waals surface area contributed by atoms with Gasteiger partial charge in [0.15, 0.2) is 0 Å². The molecular formula is C6H5NNaO4S-. The summed E-state index contributed by atoms with van der Waals surface area (Å²) in [6.07, 6.45) is 0. The summed E-state index contributed by atoms with van der Waals surface area (Å²) in [6, 6.07) is 2.38. The van der Waals surface area contributed by atoms with Crippen molar-refractivity contribution in [3.63, 3.8) is 0 Å². The van der Waals surface area contributed by atoms with Crippen LogP contribution in [0, 0.1) is 0 Å². The fraction of sp³-hybridized carbons (Fsp3) is 0.167. The molecule has 0 amide bonds. The largest absolute Gasteiger partial charge is 1.00 e. The Hall–Kier alpha value is -0.140. The first kappa shape index (κ1) is 12.9. The zero-order valence-corrected chi connectivity index (χ0v) is 9.96. The second-order valence-electron chi connectivity index (χ2n) is 2.14. The van der Waals surface area contributed by atoms with E-state index >= 15 is 0 Å². The van der Waals surface area contributed by atoms with E-state index in [9.17, 15) is 18.7 Å². The molecule has 1 atom stereocenters. The number of rotatable bonds is 2. The van der Waals surface area contributed by atoms with Gasteiger partial charge in [-0.25, -0.2) is 0 Å². The Labute approximate surface area is 99.3 Å².